The van der Waals surface area contributed by atoms with Crippen LogP contribution < -0.4 is 0 Å². The Hall–Kier alpha value is -0.120. The first-order valence-electron chi connectivity index (χ1n) is 13.0. The highest BCUT2D eigenvalue weighted by Crippen LogP contribution is 2.18. The fraction of sp³-hybridized carbons (Fsp3) is 1.00. The fourth-order valence-corrected chi connectivity index (χ4v) is 3.86. The van der Waals surface area contributed by atoms with Crippen LogP contribution in [0.15, 0.2) is 0 Å². The standard InChI is InChI=1S/C26H54O3/c1-5-7-9-11-13-15-17-25(27)23(3)19-21-29-22-20-24(4)26(28)18-16-14-12-10-8-6-2/h23-28H,5-22H2,1-4H3. The average molecular weight is 415 g/mol. The van der Waals surface area contributed by atoms with Crippen molar-refractivity contribution in [3.05, 3.63) is 0 Å². The number of aliphatic hydroxyl groups excluding tert-OH is 2. The number of unbranched alkanes of at least 4 members (excludes halogenated alkanes) is 10. The molecule has 0 saturated heterocycles. The predicted molar refractivity (Wildman–Crippen MR) is 126 cm³/mol. The molecule has 0 aliphatic rings. The summed E-state index contributed by atoms with van der Waals surface area (Å²) in [5, 5.41) is 20.6. The quantitative estimate of drug-likeness (QED) is 0.183. The monoisotopic (exact) mass is 414 g/mol. The van der Waals surface area contributed by atoms with Crippen LogP contribution in [0.5, 0.6) is 0 Å². The van der Waals surface area contributed by atoms with E-state index in [4.69, 9.17) is 4.74 Å². The average Bonchev–Trinajstić information content (AvgIpc) is 2.72. The molecule has 176 valence electrons. The summed E-state index contributed by atoms with van der Waals surface area (Å²) in [7, 11) is 0. The molecule has 0 aromatic rings. The summed E-state index contributed by atoms with van der Waals surface area (Å²) in [6, 6.07) is 0. The van der Waals surface area contributed by atoms with Crippen molar-refractivity contribution in [2.75, 3.05) is 13.2 Å². The van der Waals surface area contributed by atoms with Crippen molar-refractivity contribution in [3.8, 4) is 0 Å². The van der Waals surface area contributed by atoms with Crippen molar-refractivity contribution < 1.29 is 14.9 Å². The van der Waals surface area contributed by atoms with Gasteiger partial charge in [0.2, 0.25) is 0 Å². The van der Waals surface area contributed by atoms with Gasteiger partial charge in [-0.25, -0.2) is 0 Å². The zero-order valence-corrected chi connectivity index (χ0v) is 20.3. The molecule has 0 saturated carbocycles. The summed E-state index contributed by atoms with van der Waals surface area (Å²) in [6.45, 7) is 10.2. The van der Waals surface area contributed by atoms with Crippen molar-refractivity contribution in [3.63, 3.8) is 0 Å². The van der Waals surface area contributed by atoms with Crippen molar-refractivity contribution in [2.24, 2.45) is 11.8 Å². The van der Waals surface area contributed by atoms with Gasteiger partial charge in [0.05, 0.1) is 12.2 Å². The Bertz CT molecular complexity index is 291. The molecule has 0 spiro atoms. The molecule has 0 aromatic heterocycles. The first-order chi connectivity index (χ1) is 14.0. The minimum Gasteiger partial charge on any atom is -0.393 e. The summed E-state index contributed by atoms with van der Waals surface area (Å²) in [4.78, 5) is 0. The normalized spacial score (nSPS) is 15.9. The fourth-order valence-electron chi connectivity index (χ4n) is 3.86. The Balaban J connectivity index is 3.57. The Labute approximate surface area is 183 Å². The van der Waals surface area contributed by atoms with Crippen LogP contribution in [-0.2, 0) is 4.74 Å². The molecular weight excluding hydrogens is 360 g/mol. The summed E-state index contributed by atoms with van der Waals surface area (Å²) in [5.41, 5.74) is 0. The third-order valence-electron chi connectivity index (χ3n) is 6.46. The lowest BCUT2D eigenvalue weighted by molar-refractivity contribution is 0.0469. The number of aliphatic hydroxyl groups is 2. The van der Waals surface area contributed by atoms with Crippen LogP contribution in [0.1, 0.15) is 130 Å². The van der Waals surface area contributed by atoms with Gasteiger partial charge in [0.15, 0.2) is 0 Å². The number of ether oxygens (including phenoxy) is 1. The molecule has 0 rings (SSSR count). The van der Waals surface area contributed by atoms with Crippen molar-refractivity contribution >= 4 is 0 Å². The van der Waals surface area contributed by atoms with Crippen molar-refractivity contribution in [1.82, 2.24) is 0 Å². The summed E-state index contributed by atoms with van der Waals surface area (Å²) >= 11 is 0. The predicted octanol–water partition coefficient (Wildman–Crippen LogP) is 7.28. The lowest BCUT2D eigenvalue weighted by Gasteiger charge is -2.20. The van der Waals surface area contributed by atoms with Gasteiger partial charge in [-0.1, -0.05) is 105 Å². The second-order valence-corrected chi connectivity index (χ2v) is 9.39. The minimum absolute atomic E-state index is 0.192. The molecule has 2 N–H and O–H groups in total. The Morgan fingerprint density at radius 3 is 1.24 bits per heavy atom. The highest BCUT2D eigenvalue weighted by atomic mass is 16.5. The molecule has 29 heavy (non-hydrogen) atoms. The zero-order valence-electron chi connectivity index (χ0n) is 20.3. The SMILES string of the molecule is CCCCCCCCC(O)C(C)CCOCCC(C)C(O)CCCCCCCC. The van der Waals surface area contributed by atoms with Crippen LogP contribution in [0.25, 0.3) is 0 Å². The first-order valence-corrected chi connectivity index (χ1v) is 13.0. The van der Waals surface area contributed by atoms with E-state index >= 15 is 0 Å². The number of hydrogen-bond donors (Lipinski definition) is 2. The zero-order chi connectivity index (χ0) is 21.7. The van der Waals surface area contributed by atoms with E-state index in [1.54, 1.807) is 0 Å². The van der Waals surface area contributed by atoms with E-state index in [0.717, 1.165) is 51.7 Å². The van der Waals surface area contributed by atoms with Crippen LogP contribution in [0.4, 0.5) is 0 Å². The van der Waals surface area contributed by atoms with Gasteiger partial charge in [0, 0.05) is 13.2 Å². The Morgan fingerprint density at radius 1 is 0.517 bits per heavy atom. The van der Waals surface area contributed by atoms with Gasteiger partial charge in [-0.3, -0.25) is 0 Å². The smallest absolute Gasteiger partial charge is 0.0566 e. The lowest BCUT2D eigenvalue weighted by atomic mass is 9.95. The Morgan fingerprint density at radius 2 is 0.862 bits per heavy atom. The third-order valence-corrected chi connectivity index (χ3v) is 6.46. The van der Waals surface area contributed by atoms with Gasteiger partial charge in [-0.2, -0.15) is 0 Å². The summed E-state index contributed by atoms with van der Waals surface area (Å²) in [6.07, 6.45) is 18.6. The molecule has 4 atom stereocenters. The van der Waals surface area contributed by atoms with Gasteiger partial charge < -0.3 is 14.9 Å². The van der Waals surface area contributed by atoms with E-state index in [1.165, 1.54) is 64.2 Å². The minimum atomic E-state index is -0.192. The summed E-state index contributed by atoms with van der Waals surface area (Å²) < 4.78 is 5.79. The number of rotatable bonds is 22. The largest absolute Gasteiger partial charge is 0.393 e. The molecule has 4 unspecified atom stereocenters. The molecule has 0 radical (unpaired) electrons. The number of hydrogen-bond acceptors (Lipinski definition) is 3. The second kappa shape index (κ2) is 21.1. The summed E-state index contributed by atoms with van der Waals surface area (Å²) in [5.74, 6) is 0.614. The van der Waals surface area contributed by atoms with E-state index in [0.29, 0.717) is 11.8 Å². The van der Waals surface area contributed by atoms with Gasteiger partial charge in [0.25, 0.3) is 0 Å². The highest BCUT2D eigenvalue weighted by Gasteiger charge is 2.15. The maximum Gasteiger partial charge on any atom is 0.0566 e. The van der Waals surface area contributed by atoms with Crippen LogP contribution in [0.2, 0.25) is 0 Å². The van der Waals surface area contributed by atoms with Gasteiger partial charge in [0.1, 0.15) is 0 Å². The van der Waals surface area contributed by atoms with Crippen molar-refractivity contribution in [2.45, 2.75) is 143 Å². The van der Waals surface area contributed by atoms with E-state index < -0.39 is 0 Å². The molecule has 0 aromatic carbocycles. The van der Waals surface area contributed by atoms with E-state index in [-0.39, 0.29) is 12.2 Å². The molecule has 0 aliphatic carbocycles. The Kier molecular flexibility index (Phi) is 21.0. The maximum absolute atomic E-state index is 10.3. The van der Waals surface area contributed by atoms with Crippen LogP contribution >= 0.6 is 0 Å². The van der Waals surface area contributed by atoms with Gasteiger partial charge in [-0.05, 0) is 37.5 Å². The van der Waals surface area contributed by atoms with Crippen molar-refractivity contribution in [1.29, 1.82) is 0 Å². The third kappa shape index (κ3) is 18.4. The lowest BCUT2D eigenvalue weighted by Crippen LogP contribution is -2.21. The van der Waals surface area contributed by atoms with E-state index in [1.807, 2.05) is 0 Å². The molecular formula is C26H54O3. The molecule has 0 heterocycles. The second-order valence-electron chi connectivity index (χ2n) is 9.39. The maximum atomic E-state index is 10.3. The van der Waals surface area contributed by atoms with Gasteiger partial charge in [-0.15, -0.1) is 0 Å². The topological polar surface area (TPSA) is 49.7 Å². The molecule has 0 aliphatic heterocycles. The van der Waals surface area contributed by atoms with Crippen LogP contribution in [0, 0.1) is 11.8 Å². The van der Waals surface area contributed by atoms with Crippen LogP contribution in [0.3, 0.4) is 0 Å². The highest BCUT2D eigenvalue weighted by molar-refractivity contribution is 4.66. The molecule has 0 bridgehead atoms. The molecule has 3 heteroatoms. The first kappa shape index (κ1) is 28.9. The molecule has 0 fully saturated rings. The molecule has 0 amide bonds. The van der Waals surface area contributed by atoms with Crippen LogP contribution in [-0.4, -0.2) is 35.6 Å². The van der Waals surface area contributed by atoms with E-state index in [2.05, 4.69) is 27.7 Å². The van der Waals surface area contributed by atoms with E-state index in [9.17, 15) is 10.2 Å². The van der Waals surface area contributed by atoms with Gasteiger partial charge >= 0.3 is 0 Å². The molecule has 3 nitrogen and oxygen atoms in total.